The van der Waals surface area contributed by atoms with Crippen molar-refractivity contribution in [1.29, 1.82) is 0 Å². The van der Waals surface area contributed by atoms with Crippen molar-refractivity contribution in [3.8, 4) is 0 Å². The van der Waals surface area contributed by atoms with Crippen LogP contribution >= 0.6 is 0 Å². The Morgan fingerprint density at radius 1 is 1.16 bits per heavy atom. The third-order valence-electron chi connectivity index (χ3n) is 3.16. The lowest BCUT2D eigenvalue weighted by Gasteiger charge is -2.19. The molecule has 0 radical (unpaired) electrons. The van der Waals surface area contributed by atoms with Gasteiger partial charge in [0.25, 0.3) is 5.91 Å². The zero-order chi connectivity index (χ0) is 18.2. The van der Waals surface area contributed by atoms with Crippen molar-refractivity contribution in [3.05, 3.63) is 60.4 Å². The van der Waals surface area contributed by atoms with E-state index < -0.39 is 17.9 Å². The minimum absolute atomic E-state index is 0.0440. The molecule has 2 aromatic rings. The molecule has 3 N–H and O–H groups in total. The summed E-state index contributed by atoms with van der Waals surface area (Å²) in [6.07, 6.45) is 3.06. The molecule has 1 heterocycles. The Hall–Kier alpha value is -3.42. The van der Waals surface area contributed by atoms with Crippen LogP contribution in [0.15, 0.2) is 54.9 Å². The average Bonchev–Trinajstić information content (AvgIpc) is 2.60. The summed E-state index contributed by atoms with van der Waals surface area (Å²) in [6, 6.07) is 10.8. The van der Waals surface area contributed by atoms with Crippen LogP contribution in [0.25, 0.3) is 0 Å². The van der Waals surface area contributed by atoms with Crippen LogP contribution in [-0.4, -0.2) is 29.5 Å². The van der Waals surface area contributed by atoms with Gasteiger partial charge in [0.2, 0.25) is 6.54 Å². The average molecular weight is 343 g/mol. The predicted octanol–water partition coefficient (Wildman–Crippen LogP) is 1.09. The Kier molecular flexibility index (Phi) is 6.05. The van der Waals surface area contributed by atoms with Gasteiger partial charge >= 0.3 is 12.0 Å². The third-order valence-corrected chi connectivity index (χ3v) is 3.16. The van der Waals surface area contributed by atoms with Gasteiger partial charge in [-0.1, -0.05) is 18.2 Å². The second-order valence-corrected chi connectivity index (χ2v) is 5.03. The number of carbonyl (C=O) groups excluding carboxylic acids is 3. The van der Waals surface area contributed by atoms with E-state index in [0.717, 1.165) is 0 Å². The number of benzene rings is 1. The van der Waals surface area contributed by atoms with Crippen LogP contribution in [0.2, 0.25) is 0 Å². The summed E-state index contributed by atoms with van der Waals surface area (Å²) in [6.45, 7) is 1.94. The molecule has 0 fully saturated rings. The highest BCUT2D eigenvalue weighted by Crippen LogP contribution is 2.09. The predicted molar refractivity (Wildman–Crippen MR) is 89.1 cm³/mol. The van der Waals surface area contributed by atoms with E-state index in [1.165, 1.54) is 16.8 Å². The van der Waals surface area contributed by atoms with Crippen LogP contribution in [0.1, 0.15) is 17.3 Å². The fourth-order valence-electron chi connectivity index (χ4n) is 2.08. The lowest BCUT2D eigenvalue weighted by molar-refractivity contribution is -0.686. The number of nitrogens with two attached hydrogens (primary N) is 1. The van der Waals surface area contributed by atoms with E-state index >= 15 is 0 Å². The van der Waals surface area contributed by atoms with Crippen molar-refractivity contribution in [2.24, 2.45) is 5.73 Å². The molecule has 0 atom stereocenters. The van der Waals surface area contributed by atoms with E-state index in [4.69, 9.17) is 10.5 Å². The van der Waals surface area contributed by atoms with Crippen LogP contribution in [0.4, 0.5) is 10.5 Å². The minimum Gasteiger partial charge on any atom is -0.461 e. The van der Waals surface area contributed by atoms with E-state index in [9.17, 15) is 14.4 Å². The summed E-state index contributed by atoms with van der Waals surface area (Å²) in [4.78, 5) is 35.8. The van der Waals surface area contributed by atoms with Gasteiger partial charge in [0, 0.05) is 6.07 Å². The number of nitrogens with zero attached hydrogens (tertiary/aromatic N) is 2. The SMILES string of the molecule is CCOC(=O)C[n+]1cccc(C(=O)N(Nc2ccccc2)C(N)=O)c1. The van der Waals surface area contributed by atoms with Crippen LogP contribution in [0, 0.1) is 0 Å². The van der Waals surface area contributed by atoms with E-state index in [2.05, 4.69) is 5.43 Å². The van der Waals surface area contributed by atoms with Crippen LogP contribution < -0.4 is 15.7 Å². The molecule has 25 heavy (non-hydrogen) atoms. The number of carbonyl (C=O) groups is 3. The van der Waals surface area contributed by atoms with Crippen molar-refractivity contribution in [1.82, 2.24) is 5.01 Å². The molecule has 0 unspecified atom stereocenters. The van der Waals surface area contributed by atoms with E-state index in [-0.39, 0.29) is 18.7 Å². The molecule has 1 aromatic carbocycles. The quantitative estimate of drug-likeness (QED) is 0.464. The second kappa shape index (κ2) is 8.44. The number of esters is 1. The van der Waals surface area contributed by atoms with Crippen LogP contribution in [0.5, 0.6) is 0 Å². The van der Waals surface area contributed by atoms with Crippen molar-refractivity contribution < 1.29 is 23.7 Å². The van der Waals surface area contributed by atoms with Gasteiger partial charge < -0.3 is 10.5 Å². The highest BCUT2D eigenvalue weighted by atomic mass is 16.5. The first kappa shape index (κ1) is 17.9. The summed E-state index contributed by atoms with van der Waals surface area (Å²) in [5.41, 5.74) is 8.69. The summed E-state index contributed by atoms with van der Waals surface area (Å²) < 4.78 is 6.36. The van der Waals surface area contributed by atoms with Gasteiger partial charge in [0.1, 0.15) is 5.56 Å². The number of anilines is 1. The summed E-state index contributed by atoms with van der Waals surface area (Å²) in [7, 11) is 0. The molecule has 0 aliphatic carbocycles. The molecular formula is C17H19N4O4+. The number of hydrogen-bond donors (Lipinski definition) is 2. The van der Waals surface area contributed by atoms with Crippen molar-refractivity contribution in [2.75, 3.05) is 12.0 Å². The summed E-state index contributed by atoms with van der Waals surface area (Å²) in [5, 5.41) is 0.708. The largest absolute Gasteiger partial charge is 0.461 e. The zero-order valence-electron chi connectivity index (χ0n) is 13.7. The number of pyridine rings is 1. The number of amides is 3. The zero-order valence-corrected chi connectivity index (χ0v) is 13.7. The lowest BCUT2D eigenvalue weighted by Crippen LogP contribution is -2.46. The molecule has 0 saturated carbocycles. The van der Waals surface area contributed by atoms with E-state index in [0.29, 0.717) is 10.7 Å². The number of hydrazine groups is 1. The third kappa shape index (κ3) is 5.03. The molecule has 3 amide bonds. The highest BCUT2D eigenvalue weighted by Gasteiger charge is 2.23. The molecule has 0 bridgehead atoms. The Labute approximate surface area is 144 Å². The Bertz CT molecular complexity index is 764. The summed E-state index contributed by atoms with van der Waals surface area (Å²) in [5.74, 6) is -1.07. The Balaban J connectivity index is 2.18. The van der Waals surface area contributed by atoms with Crippen LogP contribution in [-0.2, 0) is 16.1 Å². The molecule has 2 rings (SSSR count). The first-order valence-corrected chi connectivity index (χ1v) is 7.61. The molecule has 8 heteroatoms. The molecule has 1 aromatic heterocycles. The number of nitrogens with one attached hydrogen (secondary N) is 1. The molecule has 130 valence electrons. The van der Waals surface area contributed by atoms with Crippen LogP contribution in [0.3, 0.4) is 0 Å². The van der Waals surface area contributed by atoms with Crippen molar-refractivity contribution in [3.63, 3.8) is 0 Å². The van der Waals surface area contributed by atoms with Gasteiger partial charge in [0.05, 0.1) is 12.3 Å². The molecule has 0 spiro atoms. The van der Waals surface area contributed by atoms with Gasteiger partial charge in [0.15, 0.2) is 12.4 Å². The number of hydrogen-bond acceptors (Lipinski definition) is 5. The second-order valence-electron chi connectivity index (χ2n) is 5.03. The smallest absolute Gasteiger partial charge is 0.372 e. The number of imide groups is 1. The maximum absolute atomic E-state index is 12.6. The number of ether oxygens (including phenoxy) is 1. The first-order chi connectivity index (χ1) is 12.0. The van der Waals surface area contributed by atoms with Gasteiger partial charge in [-0.2, -0.15) is 9.58 Å². The lowest BCUT2D eigenvalue weighted by atomic mass is 10.2. The molecule has 8 nitrogen and oxygen atoms in total. The highest BCUT2D eigenvalue weighted by molar-refractivity contribution is 6.04. The maximum atomic E-state index is 12.6. The number of urea groups is 1. The van der Waals surface area contributed by atoms with E-state index in [1.54, 1.807) is 49.5 Å². The molecular weight excluding hydrogens is 324 g/mol. The monoisotopic (exact) mass is 343 g/mol. The fourth-order valence-corrected chi connectivity index (χ4v) is 2.08. The fraction of sp³-hybridized carbons (Fsp3) is 0.176. The maximum Gasteiger partial charge on any atom is 0.372 e. The van der Waals surface area contributed by atoms with Gasteiger partial charge in [-0.25, -0.2) is 9.59 Å². The van der Waals surface area contributed by atoms with E-state index in [1.807, 2.05) is 0 Å². The number of rotatable bonds is 6. The van der Waals surface area contributed by atoms with Gasteiger partial charge in [-0.05, 0) is 25.1 Å². The number of aromatic nitrogens is 1. The molecule has 0 aliphatic rings. The van der Waals surface area contributed by atoms with Gasteiger partial charge in [-0.15, -0.1) is 0 Å². The van der Waals surface area contributed by atoms with Crippen molar-refractivity contribution in [2.45, 2.75) is 13.5 Å². The standard InChI is InChI=1S/C17H18N4O4/c1-2-25-15(22)12-20-10-6-7-13(11-20)16(23)21(17(18)24)19-14-8-4-3-5-9-14/h3-11,19H,2,12H2,1H3,(H-,18,24)/p+1. The van der Waals surface area contributed by atoms with Crippen molar-refractivity contribution >= 4 is 23.6 Å². The Morgan fingerprint density at radius 3 is 2.52 bits per heavy atom. The minimum atomic E-state index is -0.949. The first-order valence-electron chi connectivity index (χ1n) is 7.61. The molecule has 0 saturated heterocycles. The Morgan fingerprint density at radius 2 is 1.88 bits per heavy atom. The number of para-hydroxylation sites is 1. The topological polar surface area (TPSA) is 106 Å². The number of primary amides is 1. The summed E-state index contributed by atoms with van der Waals surface area (Å²) >= 11 is 0. The van der Waals surface area contributed by atoms with Gasteiger partial charge in [-0.3, -0.25) is 10.2 Å². The molecule has 0 aliphatic heterocycles. The normalized spacial score (nSPS) is 9.96.